The quantitative estimate of drug-likeness (QED) is 0.0336. The molecule has 2 aliphatic rings. The minimum Gasteiger partial charge on any atom is -0.386 e. The van der Waals surface area contributed by atoms with Gasteiger partial charge in [-0.3, -0.25) is 32.5 Å². The first-order valence-electron chi connectivity index (χ1n) is 21.1. The van der Waals surface area contributed by atoms with Crippen LogP contribution in [-0.2, 0) is 57.1 Å². The summed E-state index contributed by atoms with van der Waals surface area (Å²) < 4.78 is 62.6. The number of carbonyl (C=O) groups excluding carboxylic acids is 3. The summed E-state index contributed by atoms with van der Waals surface area (Å²) in [5.74, 6) is -0.505. The molecule has 0 spiro atoms. The molecule has 1 aliphatic carbocycles. The van der Waals surface area contributed by atoms with Crippen molar-refractivity contribution >= 4 is 80.7 Å². The smallest absolute Gasteiger partial charge is 0.386 e. The summed E-state index contributed by atoms with van der Waals surface area (Å²) in [6.45, 7) is 0.715. The number of aliphatic hydroxyl groups excluding tert-OH is 2. The first kappa shape index (κ1) is 52.7. The van der Waals surface area contributed by atoms with Crippen LogP contribution in [0.25, 0.3) is 22.1 Å². The number of hydrogen-bond acceptors (Lipinski definition) is 18. The summed E-state index contributed by atoms with van der Waals surface area (Å²) in [6, 6.07) is 8.08. The number of ether oxygens (including phenoxy) is 1. The number of nitrogens with one attached hydrogen (secondary N) is 3. The standard InChI is InChI=1S/C38H55N8O17P3S/c1-38(2,19-60-66(57,58)63-65(55,56)59-18-27-32(62-64(52,53)54)31(49)37(61-27)46-21-45-30-34(39)43-20-44-35(30)46)33(50)36(51)41-14-13-29(48)40-15-16-67-28-12-6-9-24(28)26(47)11-5-7-22-17-42-25-10-4-3-8-23(22)25/h3-4,8,10,17,20-21,24,27-28,31-33,37,42,49-50H,5-7,9,11-16,18-19H2,1-2H3,(H,40,48)(H,41,51)(H,55,56)(H,57,58)(H2,39,43,44)(H2,52,53,54)/t24?,27-,28?,31-,32-,33?,37-/m1/s1. The number of imidazole rings is 1. The van der Waals surface area contributed by atoms with Gasteiger partial charge in [-0.2, -0.15) is 16.1 Å². The Morgan fingerprint density at radius 1 is 1.03 bits per heavy atom. The molecule has 0 radical (unpaired) electrons. The Morgan fingerprint density at radius 3 is 2.54 bits per heavy atom. The summed E-state index contributed by atoms with van der Waals surface area (Å²) in [5, 5.41) is 28.2. The van der Waals surface area contributed by atoms with Crippen molar-refractivity contribution in [1.82, 2.24) is 35.1 Å². The Hall–Kier alpha value is -3.68. The molecule has 4 heterocycles. The van der Waals surface area contributed by atoms with Gasteiger partial charge in [-0.15, -0.1) is 0 Å². The maximum absolute atomic E-state index is 13.1. The minimum atomic E-state index is -5.58. The summed E-state index contributed by atoms with van der Waals surface area (Å²) in [7, 11) is -16.4. The van der Waals surface area contributed by atoms with Gasteiger partial charge >= 0.3 is 23.5 Å². The van der Waals surface area contributed by atoms with Crippen LogP contribution in [0.4, 0.5) is 5.82 Å². The number of aromatic amines is 1. The van der Waals surface area contributed by atoms with Crippen LogP contribution in [0, 0.1) is 11.3 Å². The van der Waals surface area contributed by atoms with E-state index in [0.717, 1.165) is 54.8 Å². The molecule has 5 unspecified atom stereocenters. The first-order chi connectivity index (χ1) is 31.5. The number of aromatic nitrogens is 5. The SMILES string of the molecule is CC(C)(COP(=O)(O)OP(=O)(O)OC[C@H]1O[C@@H](n2cnc3c(N)ncnc32)[C@H](O)[C@@H]1OP(=O)(O)O)C(O)C(=O)NCCC(=O)NCCSC1CCCC1C(=O)CCCc1c[nH]c2ccccc12. The molecule has 25 nitrogen and oxygen atoms in total. The molecule has 1 aliphatic heterocycles. The lowest BCUT2D eigenvalue weighted by Gasteiger charge is -2.30. The number of nitrogens with zero attached hydrogens (tertiary/aromatic N) is 4. The van der Waals surface area contributed by atoms with Gasteiger partial charge in [0.05, 0.1) is 19.5 Å². The molecule has 67 heavy (non-hydrogen) atoms. The number of carbonyl (C=O) groups is 3. The topological polar surface area (TPSA) is 379 Å². The lowest BCUT2D eigenvalue weighted by Crippen LogP contribution is -2.46. The number of fused-ring (bicyclic) bond motifs is 2. The number of phosphoric acid groups is 3. The number of amides is 2. The first-order valence-corrected chi connectivity index (χ1v) is 26.7. The molecule has 6 rings (SSSR count). The highest BCUT2D eigenvalue weighted by molar-refractivity contribution is 8.00. The Morgan fingerprint density at radius 2 is 1.78 bits per heavy atom. The van der Waals surface area contributed by atoms with Gasteiger partial charge in [0.2, 0.25) is 11.8 Å². The zero-order valence-electron chi connectivity index (χ0n) is 36.4. The Bertz CT molecular complexity index is 2520. The van der Waals surface area contributed by atoms with Gasteiger partial charge < -0.3 is 55.9 Å². The zero-order valence-corrected chi connectivity index (χ0v) is 39.9. The average Bonchev–Trinajstić information content (AvgIpc) is 4.07. The molecule has 370 valence electrons. The summed E-state index contributed by atoms with van der Waals surface area (Å²) in [4.78, 5) is 92.9. The van der Waals surface area contributed by atoms with Gasteiger partial charge in [-0.1, -0.05) is 38.5 Å². The molecule has 9 atom stereocenters. The van der Waals surface area contributed by atoms with E-state index in [4.69, 9.17) is 19.5 Å². The number of anilines is 1. The van der Waals surface area contributed by atoms with Crippen LogP contribution in [0.1, 0.15) is 64.2 Å². The third kappa shape index (κ3) is 14.2. The van der Waals surface area contributed by atoms with Gasteiger partial charge in [0.1, 0.15) is 42.0 Å². The number of aryl methyl sites for hydroxylation is 1. The number of thioether (sulfide) groups is 1. The van der Waals surface area contributed by atoms with Crippen molar-refractivity contribution in [3.05, 3.63) is 48.7 Å². The maximum atomic E-state index is 13.1. The molecule has 1 saturated carbocycles. The van der Waals surface area contributed by atoms with E-state index in [1.54, 1.807) is 11.8 Å². The number of benzene rings is 1. The third-order valence-electron chi connectivity index (χ3n) is 11.2. The molecule has 0 bridgehead atoms. The van der Waals surface area contributed by atoms with E-state index in [1.165, 1.54) is 24.8 Å². The normalized spacial score (nSPS) is 23.5. The van der Waals surface area contributed by atoms with Crippen molar-refractivity contribution in [2.75, 3.05) is 37.8 Å². The number of nitrogen functional groups attached to an aromatic ring is 1. The Balaban J connectivity index is 0.880. The summed E-state index contributed by atoms with van der Waals surface area (Å²) >= 11 is 1.66. The number of hydrogen-bond donors (Lipinski definition) is 10. The predicted molar refractivity (Wildman–Crippen MR) is 239 cm³/mol. The van der Waals surface area contributed by atoms with E-state index in [-0.39, 0.29) is 52.8 Å². The van der Waals surface area contributed by atoms with Crippen molar-refractivity contribution in [3.8, 4) is 0 Å². The van der Waals surface area contributed by atoms with Crippen molar-refractivity contribution in [2.45, 2.75) is 94.7 Å². The van der Waals surface area contributed by atoms with Crippen molar-refractivity contribution in [3.63, 3.8) is 0 Å². The van der Waals surface area contributed by atoms with Crippen molar-refractivity contribution in [1.29, 1.82) is 0 Å². The lowest BCUT2D eigenvalue weighted by atomic mass is 9.87. The number of H-pyrrole nitrogens is 1. The highest BCUT2D eigenvalue weighted by atomic mass is 32.2. The number of Topliss-reactive ketones (excluding diaryl/α,β-unsaturated/α-hetero) is 1. The highest BCUT2D eigenvalue weighted by Crippen LogP contribution is 2.61. The Kier molecular flexibility index (Phi) is 17.6. The molecule has 4 aromatic rings. The number of nitrogens with two attached hydrogens (primary N) is 1. The zero-order chi connectivity index (χ0) is 48.7. The number of aliphatic hydroxyl groups is 2. The second kappa shape index (κ2) is 22.4. The molecule has 2 fully saturated rings. The summed E-state index contributed by atoms with van der Waals surface area (Å²) in [5.41, 5.74) is 6.57. The molecular weight excluding hydrogens is 965 g/mol. The molecular formula is C38H55N8O17P3S. The maximum Gasteiger partial charge on any atom is 0.481 e. The van der Waals surface area contributed by atoms with E-state index in [9.17, 15) is 57.9 Å². The fraction of sp³-hybridized carbons (Fsp3) is 0.579. The number of para-hydroxylation sites is 1. The highest BCUT2D eigenvalue weighted by Gasteiger charge is 2.50. The second-order valence-corrected chi connectivity index (χ2v) is 22.3. The van der Waals surface area contributed by atoms with E-state index in [1.807, 2.05) is 24.4 Å². The van der Waals surface area contributed by atoms with E-state index >= 15 is 0 Å². The molecule has 3 aromatic heterocycles. The van der Waals surface area contributed by atoms with E-state index in [2.05, 4.69) is 45.5 Å². The second-order valence-electron chi connectivity index (χ2n) is 16.7. The van der Waals surface area contributed by atoms with Gasteiger partial charge in [0, 0.05) is 65.4 Å². The molecule has 2 amide bonds. The largest absolute Gasteiger partial charge is 0.481 e. The van der Waals surface area contributed by atoms with Crippen LogP contribution >= 0.6 is 35.2 Å². The van der Waals surface area contributed by atoms with Gasteiger partial charge in [-0.25, -0.2) is 28.6 Å². The fourth-order valence-electron chi connectivity index (χ4n) is 7.81. The van der Waals surface area contributed by atoms with Crippen LogP contribution in [0.3, 0.4) is 0 Å². The number of rotatable bonds is 25. The van der Waals surface area contributed by atoms with Crippen LogP contribution < -0.4 is 16.4 Å². The van der Waals surface area contributed by atoms with E-state index in [0.29, 0.717) is 18.7 Å². The van der Waals surface area contributed by atoms with Crippen LogP contribution in [0.15, 0.2) is 43.1 Å². The van der Waals surface area contributed by atoms with Crippen molar-refractivity contribution in [2.24, 2.45) is 11.3 Å². The molecule has 1 aromatic carbocycles. The molecule has 11 N–H and O–H groups in total. The van der Waals surface area contributed by atoms with E-state index < -0.39 is 78.6 Å². The Labute approximate surface area is 387 Å². The molecule has 1 saturated heterocycles. The van der Waals surface area contributed by atoms with Crippen LogP contribution in [0.5, 0.6) is 0 Å². The minimum absolute atomic E-state index is 0.0133. The van der Waals surface area contributed by atoms with Gasteiger partial charge in [-0.05, 0) is 37.3 Å². The number of phosphoric ester groups is 3. The third-order valence-corrected chi connectivity index (χ3v) is 15.8. The number of ketones is 1. The monoisotopic (exact) mass is 1020 g/mol. The van der Waals surface area contributed by atoms with Gasteiger partial charge in [0.15, 0.2) is 17.7 Å². The lowest BCUT2D eigenvalue weighted by molar-refractivity contribution is -0.137. The molecule has 29 heteroatoms. The van der Waals surface area contributed by atoms with Crippen LogP contribution in [0.2, 0.25) is 0 Å². The predicted octanol–water partition coefficient (Wildman–Crippen LogP) is 2.38. The van der Waals surface area contributed by atoms with Gasteiger partial charge in [0.25, 0.3) is 0 Å². The fourth-order valence-corrected chi connectivity index (χ4v) is 12.0. The van der Waals surface area contributed by atoms with Crippen LogP contribution in [-0.4, -0.2) is 134 Å². The summed E-state index contributed by atoms with van der Waals surface area (Å²) in [6.07, 6.45) is 0.00543. The average molecular weight is 1020 g/mol. The van der Waals surface area contributed by atoms with Crippen molar-refractivity contribution < 1.29 is 80.5 Å².